The van der Waals surface area contributed by atoms with Gasteiger partial charge in [-0.15, -0.1) is 0 Å². The number of rotatable bonds is 8. The van der Waals surface area contributed by atoms with Crippen molar-refractivity contribution in [3.05, 3.63) is 88.6 Å². The van der Waals surface area contributed by atoms with Gasteiger partial charge < -0.3 is 9.47 Å². The van der Waals surface area contributed by atoms with Gasteiger partial charge in [0, 0.05) is 23.4 Å². The molecule has 2 aromatic carbocycles. The number of esters is 1. The predicted molar refractivity (Wildman–Crippen MR) is 151 cm³/mol. The molecule has 0 atom stereocenters. The Morgan fingerprint density at radius 3 is 2.39 bits per heavy atom. The Balaban J connectivity index is 1.34. The van der Waals surface area contributed by atoms with E-state index in [-0.39, 0.29) is 11.4 Å². The van der Waals surface area contributed by atoms with Crippen LogP contribution < -0.4 is 4.74 Å². The average molecular weight is 528 g/mol. The number of benzene rings is 2. The smallest absolute Gasteiger partial charge is 0.330 e. The number of halogens is 1. The number of pyridine rings is 1. The molecule has 3 aromatic rings. The zero-order valence-electron chi connectivity index (χ0n) is 21.9. The molecule has 0 N–H and O–H groups in total. The molecule has 0 amide bonds. The number of nitrogens with zero attached hydrogens (tertiary/aromatic N) is 1. The molecule has 0 saturated heterocycles. The Kier molecular flexibility index (Phi) is 7.01. The number of ether oxygens (including phenoxy) is 2. The molecule has 38 heavy (non-hydrogen) atoms. The number of hydrogen-bond donors (Lipinski definition) is 0. The fourth-order valence-corrected chi connectivity index (χ4v) is 7.79. The highest BCUT2D eigenvalue weighted by molar-refractivity contribution is 6.33. The van der Waals surface area contributed by atoms with E-state index in [0.717, 1.165) is 40.3 Å². The Labute approximate surface area is 230 Å². The number of hydrogen-bond acceptors (Lipinski definition) is 4. The van der Waals surface area contributed by atoms with Gasteiger partial charge in [0.05, 0.1) is 17.3 Å². The molecule has 1 aromatic heterocycles. The van der Waals surface area contributed by atoms with Crippen molar-refractivity contribution in [2.75, 3.05) is 6.61 Å². The van der Waals surface area contributed by atoms with Gasteiger partial charge >= 0.3 is 5.97 Å². The van der Waals surface area contributed by atoms with Crippen molar-refractivity contribution in [2.24, 2.45) is 17.8 Å². The van der Waals surface area contributed by atoms with Gasteiger partial charge in [-0.2, -0.15) is 0 Å². The quantitative estimate of drug-likeness (QED) is 0.220. The zero-order valence-corrected chi connectivity index (χ0v) is 22.6. The normalized spacial score (nSPS) is 25.6. The van der Waals surface area contributed by atoms with Crippen LogP contribution in [0.3, 0.4) is 0 Å². The van der Waals surface area contributed by atoms with Crippen molar-refractivity contribution in [1.82, 2.24) is 4.98 Å². The second kappa shape index (κ2) is 10.6. The first-order chi connectivity index (χ1) is 18.5. The van der Waals surface area contributed by atoms with Crippen molar-refractivity contribution in [3.63, 3.8) is 0 Å². The first kappa shape index (κ1) is 25.2. The first-order valence-electron chi connectivity index (χ1n) is 13.8. The van der Waals surface area contributed by atoms with Crippen molar-refractivity contribution in [1.29, 1.82) is 0 Å². The van der Waals surface area contributed by atoms with Gasteiger partial charge in [0.1, 0.15) is 12.4 Å². The molecule has 4 aliphatic carbocycles. The summed E-state index contributed by atoms with van der Waals surface area (Å²) in [5, 5.41) is 0.561. The van der Waals surface area contributed by atoms with E-state index < -0.39 is 0 Å². The molecule has 0 aliphatic heterocycles. The third-order valence-electron chi connectivity index (χ3n) is 8.66. The van der Waals surface area contributed by atoms with Crippen LogP contribution in [0, 0.1) is 17.8 Å². The lowest BCUT2D eigenvalue weighted by Gasteiger charge is -2.57. The summed E-state index contributed by atoms with van der Waals surface area (Å²) in [6.45, 7) is 2.69. The van der Waals surface area contributed by atoms with Crippen LogP contribution in [-0.2, 0) is 21.6 Å². The standard InChI is InChI=1S/C33H34ClNO3/c1-2-37-31(36)11-8-23-15-29(34)32(35-20-23)27-9-10-30(38-21-22-6-4-3-5-7-22)28(16-27)33-17-24-12-25(18-33)14-26(13-24)19-33/h3-11,15-16,20,24-26H,2,12-14,17-19,21H2,1H3/b11-8+. The molecule has 4 nitrogen and oxygen atoms in total. The lowest BCUT2D eigenvalue weighted by atomic mass is 9.48. The number of aromatic nitrogens is 1. The monoisotopic (exact) mass is 527 g/mol. The van der Waals surface area contributed by atoms with E-state index in [4.69, 9.17) is 26.1 Å². The fourth-order valence-electron chi connectivity index (χ4n) is 7.50. The van der Waals surface area contributed by atoms with Crippen molar-refractivity contribution in [3.8, 4) is 17.0 Å². The number of carbonyl (C=O) groups is 1. The van der Waals surface area contributed by atoms with E-state index >= 15 is 0 Å². The second-order valence-electron chi connectivity index (χ2n) is 11.4. The van der Waals surface area contributed by atoms with Gasteiger partial charge in [-0.3, -0.25) is 4.98 Å². The first-order valence-corrected chi connectivity index (χ1v) is 14.2. The van der Waals surface area contributed by atoms with E-state index in [1.165, 1.54) is 55.7 Å². The highest BCUT2D eigenvalue weighted by Crippen LogP contribution is 2.62. The summed E-state index contributed by atoms with van der Waals surface area (Å²) in [6, 6.07) is 18.7. The Morgan fingerprint density at radius 2 is 1.74 bits per heavy atom. The molecular weight excluding hydrogens is 494 g/mol. The fraction of sp³-hybridized carbons (Fsp3) is 0.394. The molecular formula is C33H34ClNO3. The molecule has 4 bridgehead atoms. The van der Waals surface area contributed by atoms with Crippen LogP contribution in [0.2, 0.25) is 5.02 Å². The number of carbonyl (C=O) groups excluding carboxylic acids is 1. The van der Waals surface area contributed by atoms with Crippen LogP contribution in [0.15, 0.2) is 66.9 Å². The highest BCUT2D eigenvalue weighted by atomic mass is 35.5. The average Bonchev–Trinajstić information content (AvgIpc) is 2.91. The van der Waals surface area contributed by atoms with E-state index in [1.54, 1.807) is 19.2 Å². The van der Waals surface area contributed by atoms with E-state index in [0.29, 0.717) is 18.2 Å². The third-order valence-corrected chi connectivity index (χ3v) is 8.95. The molecule has 196 valence electrons. The largest absolute Gasteiger partial charge is 0.489 e. The van der Waals surface area contributed by atoms with Crippen molar-refractivity contribution >= 4 is 23.6 Å². The Bertz CT molecular complexity index is 1310. The minimum absolute atomic E-state index is 0.172. The van der Waals surface area contributed by atoms with E-state index in [1.807, 2.05) is 12.1 Å². The van der Waals surface area contributed by atoms with Gasteiger partial charge in [0.15, 0.2) is 0 Å². The second-order valence-corrected chi connectivity index (χ2v) is 11.8. The summed E-state index contributed by atoms with van der Waals surface area (Å²) in [7, 11) is 0. The SMILES string of the molecule is CCOC(=O)/C=C/c1cnc(-c2ccc(OCc3ccccc3)c(C34CC5CC(CC(C5)C3)C4)c2)c(Cl)c1. The summed E-state index contributed by atoms with van der Waals surface area (Å²) < 4.78 is 11.5. The molecule has 4 fully saturated rings. The van der Waals surface area contributed by atoms with Crippen LogP contribution >= 0.6 is 11.6 Å². The molecule has 7 rings (SSSR count). The molecule has 1 heterocycles. The molecule has 0 unspecified atom stereocenters. The van der Waals surface area contributed by atoms with Crippen LogP contribution in [0.1, 0.15) is 62.1 Å². The summed E-state index contributed by atoms with van der Waals surface area (Å²) >= 11 is 6.75. The van der Waals surface area contributed by atoms with Gasteiger partial charge in [-0.05, 0) is 110 Å². The van der Waals surface area contributed by atoms with Crippen molar-refractivity contribution in [2.45, 2.75) is 57.5 Å². The lowest BCUT2D eigenvalue weighted by Crippen LogP contribution is -2.48. The summed E-state index contributed by atoms with van der Waals surface area (Å²) in [5.41, 5.74) is 5.19. The van der Waals surface area contributed by atoms with Gasteiger partial charge in [-0.1, -0.05) is 41.9 Å². The summed E-state index contributed by atoms with van der Waals surface area (Å²) in [5.74, 6) is 3.11. The topological polar surface area (TPSA) is 48.4 Å². The molecule has 4 aliphatic rings. The predicted octanol–water partition coefficient (Wildman–Crippen LogP) is 8.03. The molecule has 0 radical (unpaired) electrons. The van der Waals surface area contributed by atoms with Crippen LogP contribution in [-0.4, -0.2) is 17.6 Å². The maximum atomic E-state index is 11.7. The summed E-state index contributed by atoms with van der Waals surface area (Å²) in [4.78, 5) is 16.4. The van der Waals surface area contributed by atoms with Gasteiger partial charge in [-0.25, -0.2) is 4.79 Å². The summed E-state index contributed by atoms with van der Waals surface area (Å²) in [6.07, 6.45) is 12.8. The zero-order chi connectivity index (χ0) is 26.1. The highest BCUT2D eigenvalue weighted by Gasteiger charge is 2.52. The molecule has 4 saturated carbocycles. The third kappa shape index (κ3) is 5.11. The van der Waals surface area contributed by atoms with Gasteiger partial charge in [0.2, 0.25) is 0 Å². The van der Waals surface area contributed by atoms with Gasteiger partial charge in [0.25, 0.3) is 0 Å². The Morgan fingerprint density at radius 1 is 1.03 bits per heavy atom. The van der Waals surface area contributed by atoms with Crippen LogP contribution in [0.25, 0.3) is 17.3 Å². The maximum Gasteiger partial charge on any atom is 0.330 e. The maximum absolute atomic E-state index is 11.7. The van der Waals surface area contributed by atoms with Crippen molar-refractivity contribution < 1.29 is 14.3 Å². The Hall–Kier alpha value is -3.11. The van der Waals surface area contributed by atoms with Crippen LogP contribution in [0.4, 0.5) is 0 Å². The molecule has 0 spiro atoms. The minimum Gasteiger partial charge on any atom is -0.489 e. The van der Waals surface area contributed by atoms with Crippen LogP contribution in [0.5, 0.6) is 5.75 Å². The minimum atomic E-state index is -0.376. The van der Waals surface area contributed by atoms with E-state index in [2.05, 4.69) is 42.5 Å². The van der Waals surface area contributed by atoms with E-state index in [9.17, 15) is 4.79 Å². The lowest BCUT2D eigenvalue weighted by molar-refractivity contribution is -0.137. The molecule has 5 heteroatoms.